The van der Waals surface area contributed by atoms with Crippen LogP contribution in [0.1, 0.15) is 20.3 Å². The Morgan fingerprint density at radius 1 is 1.50 bits per heavy atom. The van der Waals surface area contributed by atoms with E-state index in [1.165, 1.54) is 0 Å². The maximum Gasteiger partial charge on any atom is 0.225 e. The second-order valence-electron chi connectivity index (χ2n) is 3.84. The molecular weight excluding hydrogens is 220 g/mol. The molecule has 3 N–H and O–H groups in total. The number of nitrogens with one attached hydrogen (secondary N) is 1. The molecule has 1 amide bonds. The Bertz CT molecular complexity index is 353. The molecule has 0 aliphatic heterocycles. The molecule has 0 aliphatic rings. The molecule has 0 bridgehead atoms. The first-order valence-corrected chi connectivity index (χ1v) is 6.40. The topological polar surface area (TPSA) is 55.1 Å². The van der Waals surface area contributed by atoms with Gasteiger partial charge in [-0.05, 0) is 23.4 Å². The second kappa shape index (κ2) is 6.43. The molecule has 0 fully saturated rings. The largest absolute Gasteiger partial charge is 0.399 e. The Morgan fingerprint density at radius 2 is 2.25 bits per heavy atom. The molecule has 16 heavy (non-hydrogen) atoms. The summed E-state index contributed by atoms with van der Waals surface area (Å²) in [6, 6.07) is 7.22. The molecule has 0 radical (unpaired) electrons. The van der Waals surface area contributed by atoms with Crippen molar-refractivity contribution in [1.29, 1.82) is 0 Å². The number of benzene rings is 1. The van der Waals surface area contributed by atoms with Crippen molar-refractivity contribution in [2.24, 2.45) is 0 Å². The zero-order valence-corrected chi connectivity index (χ0v) is 10.5. The lowest BCUT2D eigenvalue weighted by Gasteiger charge is -2.07. The van der Waals surface area contributed by atoms with Crippen molar-refractivity contribution in [3.05, 3.63) is 24.3 Å². The average molecular weight is 238 g/mol. The number of carbonyl (C=O) groups is 1. The van der Waals surface area contributed by atoms with Crippen LogP contribution >= 0.6 is 11.8 Å². The molecular formula is C12H18N2OS. The van der Waals surface area contributed by atoms with Crippen LogP contribution in [0, 0.1) is 0 Å². The Labute approximate surface area is 101 Å². The molecule has 0 aromatic heterocycles. The Kier molecular flexibility index (Phi) is 5.19. The summed E-state index contributed by atoms with van der Waals surface area (Å²) in [4.78, 5) is 11.5. The van der Waals surface area contributed by atoms with Crippen LogP contribution in [-0.4, -0.2) is 16.9 Å². The third kappa shape index (κ3) is 5.07. The predicted molar refractivity (Wildman–Crippen MR) is 71.7 cm³/mol. The maximum absolute atomic E-state index is 11.5. The number of hydrogen-bond donors (Lipinski definition) is 2. The van der Waals surface area contributed by atoms with E-state index >= 15 is 0 Å². The van der Waals surface area contributed by atoms with Gasteiger partial charge in [-0.25, -0.2) is 0 Å². The minimum atomic E-state index is 0.0405. The molecule has 0 atom stereocenters. The van der Waals surface area contributed by atoms with Crippen LogP contribution in [0.15, 0.2) is 24.3 Å². The van der Waals surface area contributed by atoms with Gasteiger partial charge in [0.2, 0.25) is 5.91 Å². The fourth-order valence-electron chi connectivity index (χ4n) is 1.23. The lowest BCUT2D eigenvalue weighted by atomic mass is 10.3. The molecule has 0 aliphatic carbocycles. The van der Waals surface area contributed by atoms with Gasteiger partial charge in [0.15, 0.2) is 0 Å². The highest BCUT2D eigenvalue weighted by molar-refractivity contribution is 7.99. The van der Waals surface area contributed by atoms with E-state index < -0.39 is 0 Å². The van der Waals surface area contributed by atoms with Crippen molar-refractivity contribution in [2.45, 2.75) is 25.5 Å². The molecule has 1 aromatic carbocycles. The van der Waals surface area contributed by atoms with Crippen LogP contribution < -0.4 is 11.1 Å². The molecule has 4 heteroatoms. The zero-order valence-electron chi connectivity index (χ0n) is 9.69. The van der Waals surface area contributed by atoms with Crippen LogP contribution in [0.5, 0.6) is 0 Å². The summed E-state index contributed by atoms with van der Waals surface area (Å²) >= 11 is 1.79. The third-order valence-corrected chi connectivity index (χ3v) is 3.06. The summed E-state index contributed by atoms with van der Waals surface area (Å²) in [6.07, 6.45) is 0.539. The summed E-state index contributed by atoms with van der Waals surface area (Å²) in [6.45, 7) is 4.25. The van der Waals surface area contributed by atoms with Gasteiger partial charge in [0, 0.05) is 23.5 Å². The maximum atomic E-state index is 11.5. The smallest absolute Gasteiger partial charge is 0.225 e. The van der Waals surface area contributed by atoms with Crippen LogP contribution in [0.2, 0.25) is 0 Å². The normalized spacial score (nSPS) is 10.4. The van der Waals surface area contributed by atoms with E-state index in [0.29, 0.717) is 17.4 Å². The van der Waals surface area contributed by atoms with Crippen LogP contribution in [-0.2, 0) is 4.79 Å². The molecule has 0 saturated carbocycles. The van der Waals surface area contributed by atoms with Gasteiger partial charge in [0.25, 0.3) is 0 Å². The lowest BCUT2D eigenvalue weighted by molar-refractivity contribution is -0.115. The molecule has 0 heterocycles. The van der Waals surface area contributed by atoms with Crippen molar-refractivity contribution >= 4 is 29.0 Å². The first-order chi connectivity index (χ1) is 7.58. The average Bonchev–Trinajstić information content (AvgIpc) is 2.16. The number of nitrogens with two attached hydrogens (primary N) is 1. The van der Waals surface area contributed by atoms with Gasteiger partial charge in [-0.15, -0.1) is 0 Å². The summed E-state index contributed by atoms with van der Waals surface area (Å²) in [7, 11) is 0. The summed E-state index contributed by atoms with van der Waals surface area (Å²) in [5.74, 6) is 0.894. The third-order valence-electron chi connectivity index (χ3n) is 1.95. The number of hydrogen-bond acceptors (Lipinski definition) is 3. The number of anilines is 2. The van der Waals surface area contributed by atoms with E-state index in [-0.39, 0.29) is 5.91 Å². The van der Waals surface area contributed by atoms with Gasteiger partial charge in [-0.3, -0.25) is 4.79 Å². The quantitative estimate of drug-likeness (QED) is 0.775. The van der Waals surface area contributed by atoms with Gasteiger partial charge in [-0.2, -0.15) is 11.8 Å². The number of amides is 1. The summed E-state index contributed by atoms with van der Waals surface area (Å²) in [5.41, 5.74) is 7.04. The number of nitrogen functional groups attached to an aromatic ring is 1. The summed E-state index contributed by atoms with van der Waals surface area (Å²) < 4.78 is 0. The highest BCUT2D eigenvalue weighted by Gasteiger charge is 2.03. The van der Waals surface area contributed by atoms with E-state index in [1.807, 2.05) is 12.1 Å². The van der Waals surface area contributed by atoms with Crippen LogP contribution in [0.25, 0.3) is 0 Å². The van der Waals surface area contributed by atoms with Gasteiger partial charge in [0.1, 0.15) is 0 Å². The van der Waals surface area contributed by atoms with Crippen molar-refractivity contribution in [2.75, 3.05) is 16.8 Å². The predicted octanol–water partition coefficient (Wildman–Crippen LogP) is 2.74. The van der Waals surface area contributed by atoms with Crippen molar-refractivity contribution in [3.8, 4) is 0 Å². The Hall–Kier alpha value is -1.16. The van der Waals surface area contributed by atoms with Crippen LogP contribution in [0.3, 0.4) is 0 Å². The van der Waals surface area contributed by atoms with E-state index in [0.717, 1.165) is 11.4 Å². The van der Waals surface area contributed by atoms with Gasteiger partial charge < -0.3 is 11.1 Å². The molecule has 1 rings (SSSR count). The number of rotatable bonds is 5. The second-order valence-corrected chi connectivity index (χ2v) is 5.53. The van der Waals surface area contributed by atoms with Crippen molar-refractivity contribution < 1.29 is 4.79 Å². The molecule has 0 saturated heterocycles. The summed E-state index contributed by atoms with van der Waals surface area (Å²) in [5, 5.41) is 3.39. The Morgan fingerprint density at radius 3 is 2.88 bits per heavy atom. The standard InChI is InChI=1S/C12H18N2OS/c1-9(2)16-7-6-12(15)14-11-5-3-4-10(13)8-11/h3-5,8-9H,6-7,13H2,1-2H3,(H,14,15). The molecule has 3 nitrogen and oxygen atoms in total. The number of carbonyl (C=O) groups excluding carboxylic acids is 1. The lowest BCUT2D eigenvalue weighted by Crippen LogP contribution is -2.12. The fourth-order valence-corrected chi connectivity index (χ4v) is 2.00. The fraction of sp³-hybridized carbons (Fsp3) is 0.417. The van der Waals surface area contributed by atoms with E-state index in [2.05, 4.69) is 19.2 Å². The first-order valence-electron chi connectivity index (χ1n) is 5.35. The monoisotopic (exact) mass is 238 g/mol. The zero-order chi connectivity index (χ0) is 12.0. The minimum Gasteiger partial charge on any atom is -0.399 e. The van der Waals surface area contributed by atoms with Gasteiger partial charge in [0.05, 0.1) is 0 Å². The van der Waals surface area contributed by atoms with E-state index in [9.17, 15) is 4.79 Å². The van der Waals surface area contributed by atoms with E-state index in [4.69, 9.17) is 5.73 Å². The van der Waals surface area contributed by atoms with Gasteiger partial charge >= 0.3 is 0 Å². The molecule has 0 spiro atoms. The van der Waals surface area contributed by atoms with Crippen molar-refractivity contribution in [1.82, 2.24) is 0 Å². The number of thioether (sulfide) groups is 1. The van der Waals surface area contributed by atoms with Crippen LogP contribution in [0.4, 0.5) is 11.4 Å². The molecule has 0 unspecified atom stereocenters. The molecule has 1 aromatic rings. The SMILES string of the molecule is CC(C)SCCC(=O)Nc1cccc(N)c1. The highest BCUT2D eigenvalue weighted by atomic mass is 32.2. The Balaban J connectivity index is 2.34. The van der Waals surface area contributed by atoms with E-state index in [1.54, 1.807) is 23.9 Å². The highest BCUT2D eigenvalue weighted by Crippen LogP contribution is 2.14. The van der Waals surface area contributed by atoms with Crippen molar-refractivity contribution in [3.63, 3.8) is 0 Å². The first kappa shape index (κ1) is 12.9. The van der Waals surface area contributed by atoms with Gasteiger partial charge in [-0.1, -0.05) is 19.9 Å². The molecule has 88 valence electrons. The minimum absolute atomic E-state index is 0.0405.